The fourth-order valence-corrected chi connectivity index (χ4v) is 5.23. The molecule has 0 N–H and O–H groups in total. The first-order valence-corrected chi connectivity index (χ1v) is 10.3. The maximum absolute atomic E-state index is 12.6. The molecule has 2 aliphatic heterocycles. The van der Waals surface area contributed by atoms with E-state index in [1.165, 1.54) is 0 Å². The molecule has 6 nitrogen and oxygen atoms in total. The van der Waals surface area contributed by atoms with Gasteiger partial charge >= 0.3 is 0 Å². The van der Waals surface area contributed by atoms with Crippen LogP contribution in [0.2, 0.25) is 0 Å². The molecule has 2 aromatic rings. The Morgan fingerprint density at radius 3 is 2.40 bits per heavy atom. The topological polar surface area (TPSA) is 68.1 Å². The third-order valence-electron chi connectivity index (χ3n) is 5.25. The molecule has 7 heteroatoms. The molecular weight excluding hydrogens is 336 g/mol. The molecule has 0 bridgehead atoms. The summed E-state index contributed by atoms with van der Waals surface area (Å²) in [6, 6.07) is 7.08. The van der Waals surface area contributed by atoms with E-state index in [9.17, 15) is 8.42 Å². The Morgan fingerprint density at radius 2 is 1.72 bits per heavy atom. The highest BCUT2D eigenvalue weighted by atomic mass is 32.2. The number of rotatable bonds is 3. The van der Waals surface area contributed by atoms with E-state index in [0.717, 1.165) is 49.4 Å². The second-order valence-corrected chi connectivity index (χ2v) is 9.76. The van der Waals surface area contributed by atoms with E-state index in [1.807, 2.05) is 12.1 Å². The zero-order valence-corrected chi connectivity index (χ0v) is 15.6. The van der Waals surface area contributed by atoms with Crippen LogP contribution in [0.4, 0.5) is 0 Å². The van der Waals surface area contributed by atoms with Gasteiger partial charge in [0.25, 0.3) is 0 Å². The molecular formula is C18H24N4O2S. The van der Waals surface area contributed by atoms with Crippen LogP contribution < -0.4 is 0 Å². The maximum atomic E-state index is 12.6. The van der Waals surface area contributed by atoms with E-state index in [1.54, 1.807) is 16.4 Å². The molecule has 1 fully saturated rings. The first-order valence-electron chi connectivity index (χ1n) is 8.90. The molecule has 3 heterocycles. The summed E-state index contributed by atoms with van der Waals surface area (Å²) in [7, 11) is -3.37. The Balaban J connectivity index is 1.65. The van der Waals surface area contributed by atoms with Gasteiger partial charge in [0.15, 0.2) is 5.82 Å². The van der Waals surface area contributed by atoms with E-state index in [2.05, 4.69) is 28.6 Å². The Labute approximate surface area is 148 Å². The molecule has 134 valence electrons. The van der Waals surface area contributed by atoms with Gasteiger partial charge in [0.1, 0.15) is 5.82 Å². The summed E-state index contributed by atoms with van der Waals surface area (Å²) in [4.78, 5) is 0.358. The Bertz CT molecular complexity index is 878. The van der Waals surface area contributed by atoms with Gasteiger partial charge in [-0.3, -0.25) is 0 Å². The zero-order valence-electron chi connectivity index (χ0n) is 14.8. The van der Waals surface area contributed by atoms with E-state index >= 15 is 0 Å². The third-order valence-corrected chi connectivity index (χ3v) is 7.17. The lowest BCUT2D eigenvalue weighted by molar-refractivity contribution is 0.248. The van der Waals surface area contributed by atoms with E-state index in [4.69, 9.17) is 0 Å². The van der Waals surface area contributed by atoms with Crippen molar-refractivity contribution in [3.8, 4) is 11.4 Å². The maximum Gasteiger partial charge on any atom is 0.243 e. The van der Waals surface area contributed by atoms with Crippen molar-refractivity contribution in [3.63, 3.8) is 0 Å². The van der Waals surface area contributed by atoms with Crippen LogP contribution in [0, 0.1) is 5.41 Å². The number of benzene rings is 1. The van der Waals surface area contributed by atoms with Crippen molar-refractivity contribution in [3.05, 3.63) is 30.1 Å². The van der Waals surface area contributed by atoms with Crippen molar-refractivity contribution >= 4 is 10.0 Å². The van der Waals surface area contributed by atoms with Crippen LogP contribution in [0.25, 0.3) is 11.4 Å². The lowest BCUT2D eigenvalue weighted by Crippen LogP contribution is -2.28. The molecule has 0 spiro atoms. The second kappa shape index (κ2) is 5.92. The van der Waals surface area contributed by atoms with Crippen molar-refractivity contribution in [2.45, 2.75) is 51.0 Å². The molecule has 1 aromatic heterocycles. The van der Waals surface area contributed by atoms with Crippen LogP contribution in [0.3, 0.4) is 0 Å². The lowest BCUT2D eigenvalue weighted by atomic mass is 9.85. The smallest absolute Gasteiger partial charge is 0.243 e. The number of hydrogen-bond donors (Lipinski definition) is 0. The molecule has 0 saturated carbocycles. The summed E-state index contributed by atoms with van der Waals surface area (Å²) in [6.45, 7) is 6.64. The highest BCUT2D eigenvalue weighted by Crippen LogP contribution is 2.33. The zero-order chi connectivity index (χ0) is 17.7. The highest BCUT2D eigenvalue weighted by molar-refractivity contribution is 7.89. The molecule has 0 atom stereocenters. The largest absolute Gasteiger partial charge is 0.310 e. The van der Waals surface area contributed by atoms with Crippen LogP contribution in [-0.4, -0.2) is 40.6 Å². The first-order chi connectivity index (χ1) is 11.9. The SMILES string of the molecule is CC1(C)CCc2nnc(-c3ccc(S(=O)(=O)N4CCCC4)cc3)n2C1. The molecule has 1 aromatic carbocycles. The summed E-state index contributed by atoms with van der Waals surface area (Å²) >= 11 is 0. The van der Waals surface area contributed by atoms with Gasteiger partial charge in [-0.05, 0) is 48.9 Å². The van der Waals surface area contributed by atoms with Gasteiger partial charge < -0.3 is 4.57 Å². The summed E-state index contributed by atoms with van der Waals surface area (Å²) in [5.41, 5.74) is 1.14. The van der Waals surface area contributed by atoms with Crippen LogP contribution >= 0.6 is 0 Å². The molecule has 0 radical (unpaired) electrons. The van der Waals surface area contributed by atoms with Gasteiger partial charge in [0.2, 0.25) is 10.0 Å². The summed E-state index contributed by atoms with van der Waals surface area (Å²) in [5.74, 6) is 1.84. The monoisotopic (exact) mass is 360 g/mol. The van der Waals surface area contributed by atoms with Crippen LogP contribution in [0.5, 0.6) is 0 Å². The number of aromatic nitrogens is 3. The number of sulfonamides is 1. The van der Waals surface area contributed by atoms with E-state index in [-0.39, 0.29) is 5.41 Å². The summed E-state index contributed by atoms with van der Waals surface area (Å²) < 4.78 is 29.0. The van der Waals surface area contributed by atoms with Gasteiger partial charge in [-0.15, -0.1) is 10.2 Å². The molecule has 1 saturated heterocycles. The predicted molar refractivity (Wildman–Crippen MR) is 95.6 cm³/mol. The van der Waals surface area contributed by atoms with Crippen molar-refractivity contribution in [1.29, 1.82) is 0 Å². The third kappa shape index (κ3) is 3.00. The summed E-state index contributed by atoms with van der Waals surface area (Å²) in [5, 5.41) is 8.68. The van der Waals surface area contributed by atoms with Gasteiger partial charge in [-0.2, -0.15) is 4.31 Å². The quantitative estimate of drug-likeness (QED) is 0.844. The summed E-state index contributed by atoms with van der Waals surface area (Å²) in [6.07, 6.45) is 3.93. The molecule has 0 unspecified atom stereocenters. The minimum Gasteiger partial charge on any atom is -0.310 e. The van der Waals surface area contributed by atoms with Crippen molar-refractivity contribution in [2.75, 3.05) is 13.1 Å². The molecule has 0 amide bonds. The molecule has 2 aliphatic rings. The average Bonchev–Trinajstić information content (AvgIpc) is 3.24. The highest BCUT2D eigenvalue weighted by Gasteiger charge is 2.30. The number of aryl methyl sites for hydroxylation is 1. The van der Waals surface area contributed by atoms with Crippen molar-refractivity contribution < 1.29 is 8.42 Å². The normalized spacial score (nSPS) is 20.6. The number of hydrogen-bond acceptors (Lipinski definition) is 4. The molecule has 4 rings (SSSR count). The van der Waals surface area contributed by atoms with Gasteiger partial charge in [-0.25, -0.2) is 8.42 Å². The van der Waals surface area contributed by atoms with Crippen molar-refractivity contribution in [1.82, 2.24) is 19.1 Å². The Hall–Kier alpha value is -1.73. The number of nitrogens with zero attached hydrogens (tertiary/aromatic N) is 4. The molecule has 0 aliphatic carbocycles. The standard InChI is InChI=1S/C18H24N4O2S/c1-18(2)10-9-16-19-20-17(22(16)13-18)14-5-7-15(8-6-14)25(23,24)21-11-3-4-12-21/h5-8H,3-4,9-13H2,1-2H3. The van der Waals surface area contributed by atoms with E-state index in [0.29, 0.717) is 18.0 Å². The second-order valence-electron chi connectivity index (χ2n) is 7.83. The van der Waals surface area contributed by atoms with Crippen LogP contribution in [0.1, 0.15) is 38.9 Å². The fourth-order valence-electron chi connectivity index (χ4n) is 3.71. The van der Waals surface area contributed by atoms with Gasteiger partial charge in [0.05, 0.1) is 4.90 Å². The van der Waals surface area contributed by atoms with Crippen LogP contribution in [0.15, 0.2) is 29.2 Å². The average molecular weight is 360 g/mol. The Kier molecular flexibility index (Phi) is 3.96. The minimum atomic E-state index is -3.37. The minimum absolute atomic E-state index is 0.225. The van der Waals surface area contributed by atoms with Crippen LogP contribution in [-0.2, 0) is 23.0 Å². The first kappa shape index (κ1) is 16.7. The molecule has 25 heavy (non-hydrogen) atoms. The van der Waals surface area contributed by atoms with Crippen molar-refractivity contribution in [2.24, 2.45) is 5.41 Å². The number of fused-ring (bicyclic) bond motifs is 1. The lowest BCUT2D eigenvalue weighted by Gasteiger charge is -2.30. The fraction of sp³-hybridized carbons (Fsp3) is 0.556. The van der Waals surface area contributed by atoms with Gasteiger partial charge in [0, 0.05) is 31.6 Å². The van der Waals surface area contributed by atoms with E-state index < -0.39 is 10.0 Å². The predicted octanol–water partition coefficient (Wildman–Crippen LogP) is 2.70. The Morgan fingerprint density at radius 1 is 1.04 bits per heavy atom. The van der Waals surface area contributed by atoms with Gasteiger partial charge in [-0.1, -0.05) is 13.8 Å².